The number of piperidine rings is 1. The lowest BCUT2D eigenvalue weighted by atomic mass is 9.98. The number of ether oxygens (including phenoxy) is 1. The number of hydrogen-bond acceptors (Lipinski definition) is 3. The van der Waals surface area contributed by atoms with Crippen molar-refractivity contribution in [3.63, 3.8) is 0 Å². The van der Waals surface area contributed by atoms with Crippen LogP contribution in [0.2, 0.25) is 0 Å². The fourth-order valence-electron chi connectivity index (χ4n) is 2.34. The van der Waals surface area contributed by atoms with Gasteiger partial charge in [-0.15, -0.1) is 0 Å². The van der Waals surface area contributed by atoms with E-state index in [0.717, 1.165) is 25.9 Å². The Morgan fingerprint density at radius 3 is 2.22 bits per heavy atom. The Labute approximate surface area is 111 Å². The van der Waals surface area contributed by atoms with Crippen LogP contribution in [-0.4, -0.2) is 41.3 Å². The smallest absolute Gasteiger partial charge is 0.411 e. The van der Waals surface area contributed by atoms with Gasteiger partial charge in [-0.2, -0.15) is 0 Å². The maximum absolute atomic E-state index is 12.4. The van der Waals surface area contributed by atoms with Gasteiger partial charge in [0.05, 0.1) is 0 Å². The second-order valence-corrected chi connectivity index (χ2v) is 7.02. The molecule has 4 nitrogen and oxygen atoms in total. The van der Waals surface area contributed by atoms with Gasteiger partial charge in [-0.25, -0.2) is 4.79 Å². The molecule has 1 fully saturated rings. The molecule has 0 aromatic carbocycles. The van der Waals surface area contributed by atoms with Crippen LogP contribution in [0.3, 0.4) is 0 Å². The molecule has 106 valence electrons. The van der Waals surface area contributed by atoms with Gasteiger partial charge in [-0.1, -0.05) is 0 Å². The summed E-state index contributed by atoms with van der Waals surface area (Å²) in [7, 11) is 0. The lowest BCUT2D eigenvalue weighted by Crippen LogP contribution is -2.57. The predicted molar refractivity (Wildman–Crippen MR) is 73.7 cm³/mol. The molecule has 1 heterocycles. The Kier molecular flexibility index (Phi) is 4.65. The summed E-state index contributed by atoms with van der Waals surface area (Å²) in [5.74, 6) is 0. The number of carbonyl (C=O) groups excluding carboxylic acids is 1. The highest BCUT2D eigenvalue weighted by atomic mass is 16.6. The lowest BCUT2D eigenvalue weighted by molar-refractivity contribution is -0.0107. The van der Waals surface area contributed by atoms with Gasteiger partial charge in [-0.05, 0) is 60.9 Å². The Morgan fingerprint density at radius 1 is 1.22 bits per heavy atom. The molecule has 1 aliphatic heterocycles. The van der Waals surface area contributed by atoms with E-state index in [0.29, 0.717) is 0 Å². The summed E-state index contributed by atoms with van der Waals surface area (Å²) in [6.07, 6.45) is 1.95. The van der Waals surface area contributed by atoms with Crippen molar-refractivity contribution in [2.24, 2.45) is 0 Å². The first-order chi connectivity index (χ1) is 8.11. The topological polar surface area (TPSA) is 41.6 Å². The molecule has 0 aromatic heterocycles. The van der Waals surface area contributed by atoms with Crippen LogP contribution >= 0.6 is 0 Å². The second kappa shape index (κ2) is 5.47. The summed E-state index contributed by atoms with van der Waals surface area (Å²) in [6, 6.07) is 0.230. The first-order valence-electron chi connectivity index (χ1n) is 6.84. The van der Waals surface area contributed by atoms with Gasteiger partial charge < -0.3 is 10.1 Å². The first kappa shape index (κ1) is 15.3. The normalized spacial score (nSPS) is 21.6. The maximum atomic E-state index is 12.4. The summed E-state index contributed by atoms with van der Waals surface area (Å²) < 4.78 is 5.54. The van der Waals surface area contributed by atoms with E-state index in [4.69, 9.17) is 4.74 Å². The largest absolute Gasteiger partial charge is 0.444 e. The third-order valence-electron chi connectivity index (χ3n) is 2.95. The molecule has 0 aliphatic carbocycles. The molecule has 0 spiro atoms. The summed E-state index contributed by atoms with van der Waals surface area (Å²) >= 11 is 0. The standard InChI is InChI=1S/C14H28N2O2/c1-13(2,3)16(11-8-7-9-15-10-11)12(17)18-14(4,5)6/h11,15H,7-10H2,1-6H3/t11-/m1/s1. The van der Waals surface area contributed by atoms with Gasteiger partial charge in [0.1, 0.15) is 5.60 Å². The highest BCUT2D eigenvalue weighted by Gasteiger charge is 2.36. The van der Waals surface area contributed by atoms with Gasteiger partial charge in [-0.3, -0.25) is 4.90 Å². The van der Waals surface area contributed by atoms with Gasteiger partial charge >= 0.3 is 6.09 Å². The van der Waals surface area contributed by atoms with Crippen molar-refractivity contribution >= 4 is 6.09 Å². The van der Waals surface area contributed by atoms with Crippen LogP contribution in [-0.2, 0) is 4.74 Å². The quantitative estimate of drug-likeness (QED) is 0.784. The third kappa shape index (κ3) is 4.48. The summed E-state index contributed by atoms with van der Waals surface area (Å²) in [5.41, 5.74) is -0.658. The van der Waals surface area contributed by atoms with E-state index in [1.165, 1.54) is 0 Å². The SMILES string of the molecule is CC(C)(C)OC(=O)N([C@@H]1CCCNC1)C(C)(C)C. The van der Waals surface area contributed by atoms with Crippen molar-refractivity contribution in [3.8, 4) is 0 Å². The summed E-state index contributed by atoms with van der Waals surface area (Å²) in [6.45, 7) is 13.8. The van der Waals surface area contributed by atoms with Crippen LogP contribution < -0.4 is 5.32 Å². The number of carbonyl (C=O) groups is 1. The number of rotatable bonds is 1. The molecule has 18 heavy (non-hydrogen) atoms. The van der Waals surface area contributed by atoms with E-state index < -0.39 is 5.60 Å². The molecule has 1 amide bonds. The zero-order valence-electron chi connectivity index (χ0n) is 12.7. The number of hydrogen-bond donors (Lipinski definition) is 1. The molecule has 0 saturated carbocycles. The monoisotopic (exact) mass is 256 g/mol. The van der Waals surface area contributed by atoms with Crippen LogP contribution in [0, 0.1) is 0 Å². The van der Waals surface area contributed by atoms with E-state index in [9.17, 15) is 4.79 Å². The van der Waals surface area contributed by atoms with Crippen LogP contribution in [0.1, 0.15) is 54.4 Å². The minimum atomic E-state index is -0.442. The van der Waals surface area contributed by atoms with Crippen LogP contribution in [0.5, 0.6) is 0 Å². The van der Waals surface area contributed by atoms with Crippen molar-refractivity contribution in [2.75, 3.05) is 13.1 Å². The van der Waals surface area contributed by atoms with Crippen LogP contribution in [0.4, 0.5) is 4.79 Å². The molecule has 1 rings (SSSR count). The second-order valence-electron chi connectivity index (χ2n) is 7.02. The Hall–Kier alpha value is -0.770. The van der Waals surface area contributed by atoms with E-state index in [2.05, 4.69) is 26.1 Å². The first-order valence-corrected chi connectivity index (χ1v) is 6.84. The minimum absolute atomic E-state index is 0.205. The molecule has 4 heteroatoms. The average Bonchev–Trinajstić information content (AvgIpc) is 2.13. The number of amides is 1. The Morgan fingerprint density at radius 2 is 1.83 bits per heavy atom. The summed E-state index contributed by atoms with van der Waals surface area (Å²) in [5, 5.41) is 3.36. The molecule has 1 saturated heterocycles. The van der Waals surface area contributed by atoms with Crippen molar-refractivity contribution in [1.29, 1.82) is 0 Å². The highest BCUT2D eigenvalue weighted by Crippen LogP contribution is 2.24. The van der Waals surface area contributed by atoms with Gasteiger partial charge in [0.2, 0.25) is 0 Å². The van der Waals surface area contributed by atoms with Gasteiger partial charge in [0.15, 0.2) is 0 Å². The highest BCUT2D eigenvalue weighted by molar-refractivity contribution is 5.69. The molecule has 1 atom stereocenters. The number of nitrogens with zero attached hydrogens (tertiary/aromatic N) is 1. The minimum Gasteiger partial charge on any atom is -0.444 e. The molecular weight excluding hydrogens is 228 g/mol. The molecule has 0 aromatic rings. The molecule has 0 unspecified atom stereocenters. The molecule has 1 aliphatic rings. The van der Waals surface area contributed by atoms with E-state index >= 15 is 0 Å². The van der Waals surface area contributed by atoms with E-state index in [1.807, 2.05) is 25.7 Å². The Bertz CT molecular complexity index is 283. The zero-order chi connectivity index (χ0) is 14.0. The van der Waals surface area contributed by atoms with Crippen molar-refractivity contribution in [3.05, 3.63) is 0 Å². The lowest BCUT2D eigenvalue weighted by Gasteiger charge is -2.43. The fraction of sp³-hybridized carbons (Fsp3) is 0.929. The van der Waals surface area contributed by atoms with Crippen molar-refractivity contribution < 1.29 is 9.53 Å². The van der Waals surface area contributed by atoms with Gasteiger partial charge in [0, 0.05) is 18.1 Å². The Balaban J connectivity index is 2.81. The zero-order valence-corrected chi connectivity index (χ0v) is 12.7. The van der Waals surface area contributed by atoms with Crippen LogP contribution in [0.15, 0.2) is 0 Å². The van der Waals surface area contributed by atoms with Crippen molar-refractivity contribution in [1.82, 2.24) is 10.2 Å². The molecule has 0 radical (unpaired) electrons. The molecule has 0 bridgehead atoms. The van der Waals surface area contributed by atoms with Gasteiger partial charge in [0.25, 0.3) is 0 Å². The third-order valence-corrected chi connectivity index (χ3v) is 2.95. The van der Waals surface area contributed by atoms with E-state index in [1.54, 1.807) is 0 Å². The fourth-order valence-corrected chi connectivity index (χ4v) is 2.34. The van der Waals surface area contributed by atoms with Crippen LogP contribution in [0.25, 0.3) is 0 Å². The molecule has 1 N–H and O–H groups in total. The molecular formula is C14H28N2O2. The predicted octanol–water partition coefficient (Wildman–Crippen LogP) is 2.77. The average molecular weight is 256 g/mol. The maximum Gasteiger partial charge on any atom is 0.411 e. The summed E-state index contributed by atoms with van der Waals surface area (Å²) in [4.78, 5) is 14.3. The van der Waals surface area contributed by atoms with E-state index in [-0.39, 0.29) is 17.7 Å². The number of nitrogens with one attached hydrogen (secondary N) is 1. The van der Waals surface area contributed by atoms with Crippen molar-refractivity contribution in [2.45, 2.75) is 71.6 Å².